The van der Waals surface area contributed by atoms with E-state index in [0.29, 0.717) is 30.6 Å². The summed E-state index contributed by atoms with van der Waals surface area (Å²) in [5.74, 6) is -8.53. The number of unbranched alkanes of at least 4 members (excludes halogenated alkanes) is 1. The second kappa shape index (κ2) is 23.6. The molecule has 0 spiro atoms. The molecule has 0 radical (unpaired) electrons. The van der Waals surface area contributed by atoms with Crippen molar-refractivity contribution in [2.45, 2.75) is 74.8 Å². The average Bonchev–Trinajstić information content (AvgIpc) is 3.67. The number of aliphatic hydroxyl groups excluding tert-OH is 2. The van der Waals surface area contributed by atoms with E-state index in [2.05, 4.69) is 41.9 Å². The second-order valence-corrected chi connectivity index (χ2v) is 12.2. The summed E-state index contributed by atoms with van der Waals surface area (Å²) in [5.41, 5.74) is 11.9. The van der Waals surface area contributed by atoms with E-state index in [1.165, 1.54) is 12.5 Å². The predicted molar refractivity (Wildman–Crippen MR) is 190 cm³/mol. The number of aliphatic hydroxyl groups is 2. The lowest BCUT2D eigenvalue weighted by molar-refractivity contribution is -0.142. The molecule has 1 aromatic carbocycles. The van der Waals surface area contributed by atoms with Crippen LogP contribution in [0.5, 0.6) is 0 Å². The van der Waals surface area contributed by atoms with E-state index in [4.69, 9.17) is 16.6 Å². The average molecular weight is 777 g/mol. The summed E-state index contributed by atoms with van der Waals surface area (Å²) >= 11 is 0. The Morgan fingerprint density at radius 3 is 1.84 bits per heavy atom. The number of hydrogen-bond acceptors (Lipinski definition) is 13. The number of amides is 6. The highest BCUT2D eigenvalue weighted by molar-refractivity contribution is 5.96. The van der Waals surface area contributed by atoms with Crippen molar-refractivity contribution in [3.63, 3.8) is 0 Å². The van der Waals surface area contributed by atoms with Gasteiger partial charge in [0, 0.05) is 24.7 Å². The first-order valence-corrected chi connectivity index (χ1v) is 17.1. The lowest BCUT2D eigenvalue weighted by Crippen LogP contribution is -2.60. The molecule has 0 aliphatic carbocycles. The van der Waals surface area contributed by atoms with Crippen molar-refractivity contribution in [1.29, 1.82) is 0 Å². The first-order valence-electron chi connectivity index (χ1n) is 17.1. The van der Waals surface area contributed by atoms with Crippen molar-refractivity contribution < 1.29 is 58.8 Å². The van der Waals surface area contributed by atoms with Gasteiger partial charge in [0.1, 0.15) is 30.2 Å². The Morgan fingerprint density at radius 1 is 0.709 bits per heavy atom. The van der Waals surface area contributed by atoms with Crippen LogP contribution < -0.4 is 43.4 Å². The Labute approximate surface area is 314 Å². The van der Waals surface area contributed by atoms with Crippen LogP contribution in [0.3, 0.4) is 0 Å². The Balaban J connectivity index is 2.16. The van der Waals surface area contributed by atoms with Crippen LogP contribution >= 0.6 is 0 Å². The van der Waals surface area contributed by atoms with Crippen LogP contribution in [0.25, 0.3) is 0 Å². The number of hydrogen-bond donors (Lipinski definition) is 13. The lowest BCUT2D eigenvalue weighted by atomic mass is 10.0. The van der Waals surface area contributed by atoms with E-state index >= 15 is 0 Å². The van der Waals surface area contributed by atoms with E-state index in [-0.39, 0.29) is 19.3 Å². The van der Waals surface area contributed by atoms with Crippen LogP contribution in [0, 0.1) is 0 Å². The molecule has 55 heavy (non-hydrogen) atoms. The highest BCUT2D eigenvalue weighted by atomic mass is 16.4. The molecule has 1 aromatic heterocycles. The molecule has 0 aliphatic rings. The molecule has 6 amide bonds. The van der Waals surface area contributed by atoms with Crippen molar-refractivity contribution in [2.75, 3.05) is 26.3 Å². The van der Waals surface area contributed by atoms with Gasteiger partial charge in [0.05, 0.1) is 38.5 Å². The third-order valence-corrected chi connectivity index (χ3v) is 7.89. The molecule has 6 atom stereocenters. The highest BCUT2D eigenvalue weighted by Gasteiger charge is 2.32. The van der Waals surface area contributed by atoms with Gasteiger partial charge in [0.15, 0.2) is 0 Å². The third kappa shape index (κ3) is 16.3. The SMILES string of the molecule is NCCCC[C@H](NC(=O)[C@H](Cc1ccccc1)NC(=O)[C@H](CO)NC(=O)[C@H](Cc1cnc[nH]1)NC(=O)CNC(=O)[C@H](CO)NC(=O)[C@@H](N)CC(=O)O)C(=O)O. The zero-order valence-electron chi connectivity index (χ0n) is 29.7. The van der Waals surface area contributed by atoms with Crippen LogP contribution in [-0.4, -0.2) is 140 Å². The molecule has 1 heterocycles. The first kappa shape index (κ1) is 45.2. The van der Waals surface area contributed by atoms with Gasteiger partial charge in [0.2, 0.25) is 35.4 Å². The maximum Gasteiger partial charge on any atom is 0.326 e. The van der Waals surface area contributed by atoms with Gasteiger partial charge in [-0.1, -0.05) is 30.3 Å². The first-order chi connectivity index (χ1) is 26.2. The summed E-state index contributed by atoms with van der Waals surface area (Å²) in [7, 11) is 0. The number of nitrogens with zero attached hydrogens (tertiary/aromatic N) is 1. The van der Waals surface area contributed by atoms with Gasteiger partial charge in [0.25, 0.3) is 0 Å². The number of carbonyl (C=O) groups excluding carboxylic acids is 6. The minimum absolute atomic E-state index is 0.0780. The molecular weight excluding hydrogens is 728 g/mol. The molecule has 0 bridgehead atoms. The Morgan fingerprint density at radius 2 is 1.27 bits per heavy atom. The Kier molecular flexibility index (Phi) is 19.4. The second-order valence-electron chi connectivity index (χ2n) is 12.2. The molecule has 22 nitrogen and oxygen atoms in total. The number of imidazole rings is 1. The number of carboxylic acid groups (broad SMARTS) is 2. The van der Waals surface area contributed by atoms with Crippen molar-refractivity contribution in [3.8, 4) is 0 Å². The normalized spacial score (nSPS) is 14.1. The molecule has 0 unspecified atom stereocenters. The van der Waals surface area contributed by atoms with Crippen molar-refractivity contribution in [2.24, 2.45) is 11.5 Å². The van der Waals surface area contributed by atoms with Crippen LogP contribution in [0.2, 0.25) is 0 Å². The zero-order valence-corrected chi connectivity index (χ0v) is 29.7. The van der Waals surface area contributed by atoms with Crippen molar-refractivity contribution in [1.82, 2.24) is 41.9 Å². The maximum atomic E-state index is 13.5. The summed E-state index contributed by atoms with van der Waals surface area (Å²) in [6.45, 7) is -2.34. The Bertz CT molecular complexity index is 1590. The van der Waals surface area contributed by atoms with Crippen LogP contribution in [0.15, 0.2) is 42.9 Å². The number of carboxylic acids is 2. The monoisotopic (exact) mass is 776 g/mol. The molecular formula is C33H48N10O12. The van der Waals surface area contributed by atoms with Gasteiger partial charge in [-0.15, -0.1) is 0 Å². The fraction of sp³-hybridized carbons (Fsp3) is 0.485. The largest absolute Gasteiger partial charge is 0.481 e. The number of nitrogens with two attached hydrogens (primary N) is 2. The molecule has 15 N–H and O–H groups in total. The predicted octanol–water partition coefficient (Wildman–Crippen LogP) is -5.26. The van der Waals surface area contributed by atoms with Gasteiger partial charge < -0.3 is 68.8 Å². The summed E-state index contributed by atoms with van der Waals surface area (Å²) < 4.78 is 0. The van der Waals surface area contributed by atoms with Gasteiger partial charge in [-0.3, -0.25) is 33.6 Å². The minimum Gasteiger partial charge on any atom is -0.481 e. The van der Waals surface area contributed by atoms with Crippen molar-refractivity contribution in [3.05, 3.63) is 54.1 Å². The number of rotatable bonds is 25. The maximum absolute atomic E-state index is 13.5. The number of aliphatic carboxylic acids is 2. The van der Waals surface area contributed by atoms with Gasteiger partial charge in [-0.25, -0.2) is 9.78 Å². The number of benzene rings is 1. The molecule has 302 valence electrons. The van der Waals surface area contributed by atoms with Gasteiger partial charge in [-0.05, 0) is 31.4 Å². The highest BCUT2D eigenvalue weighted by Crippen LogP contribution is 2.07. The smallest absolute Gasteiger partial charge is 0.326 e. The van der Waals surface area contributed by atoms with Crippen LogP contribution in [0.1, 0.15) is 36.9 Å². The molecule has 0 saturated heterocycles. The topological polar surface area (TPSA) is 370 Å². The lowest BCUT2D eigenvalue weighted by Gasteiger charge is -2.25. The van der Waals surface area contributed by atoms with E-state index in [9.17, 15) is 53.7 Å². The summed E-state index contributed by atoms with van der Waals surface area (Å²) in [5, 5.41) is 51.9. The molecule has 2 rings (SSSR count). The third-order valence-electron chi connectivity index (χ3n) is 7.89. The Hall–Kier alpha value is -5.97. The van der Waals surface area contributed by atoms with Crippen LogP contribution in [0.4, 0.5) is 0 Å². The minimum atomic E-state index is -1.67. The van der Waals surface area contributed by atoms with E-state index in [1.807, 2.05) is 0 Å². The molecule has 22 heteroatoms. The van der Waals surface area contributed by atoms with Crippen LogP contribution in [-0.2, 0) is 51.2 Å². The fourth-order valence-corrected chi connectivity index (χ4v) is 4.94. The van der Waals surface area contributed by atoms with E-state index in [1.54, 1.807) is 30.3 Å². The van der Waals surface area contributed by atoms with Gasteiger partial charge in [-0.2, -0.15) is 0 Å². The fourth-order valence-electron chi connectivity index (χ4n) is 4.94. The number of aromatic amines is 1. The molecule has 2 aromatic rings. The molecule has 0 fully saturated rings. The zero-order chi connectivity index (χ0) is 40.9. The quantitative estimate of drug-likeness (QED) is 0.0419. The number of carbonyl (C=O) groups is 8. The van der Waals surface area contributed by atoms with Gasteiger partial charge >= 0.3 is 11.9 Å². The standard InChI is InChI=1S/C33H48N10O12/c34-9-5-4-8-21(33(54)55)40-30(51)22(10-18-6-2-1-3-7-18)41-32(53)25(16-45)43-31(52)23(11-19-13-36-17-38-19)39-26(46)14-37-29(50)24(15-44)42-28(49)20(35)12-27(47)48/h1-3,6-7,13,17,20-25,44-45H,4-5,8-12,14-16,34-35H2,(H,36,38)(H,37,50)(H,39,46)(H,40,51)(H,41,53)(H,42,49)(H,43,52)(H,47,48)(H,54,55)/t20-,21-,22-,23-,24-,25-/m0/s1. The number of aromatic nitrogens is 2. The van der Waals surface area contributed by atoms with E-state index in [0.717, 1.165) is 0 Å². The summed E-state index contributed by atoms with van der Waals surface area (Å²) in [6.07, 6.45) is 2.61. The summed E-state index contributed by atoms with van der Waals surface area (Å²) in [6, 6.07) is -0.396. The summed E-state index contributed by atoms with van der Waals surface area (Å²) in [4.78, 5) is 107. The number of nitrogens with one attached hydrogen (secondary N) is 7. The number of H-pyrrole nitrogens is 1. The van der Waals surface area contributed by atoms with Crippen molar-refractivity contribution >= 4 is 47.4 Å². The molecule has 0 saturated carbocycles. The molecule has 0 aliphatic heterocycles. The van der Waals surface area contributed by atoms with E-state index < -0.39 is 110 Å².